The Kier molecular flexibility index (Phi) is 70.1. The molecular weight excluding hydrogens is 1480 g/mol. The number of rotatable bonds is 82. The van der Waals surface area contributed by atoms with Crippen LogP contribution in [0.1, 0.15) is 452 Å². The third kappa shape index (κ3) is 58.3. The summed E-state index contributed by atoms with van der Waals surface area (Å²) in [5, 5.41) is 62.9. The maximum atomic E-state index is 14.6. The van der Waals surface area contributed by atoms with Crippen molar-refractivity contribution < 1.29 is 96.7 Å². The Morgan fingerprint density at radius 1 is 0.374 bits per heavy atom. The van der Waals surface area contributed by atoms with Crippen molar-refractivity contribution in [1.82, 2.24) is 10.6 Å². The van der Waals surface area contributed by atoms with Crippen LogP contribution in [0.5, 0.6) is 0 Å². The van der Waals surface area contributed by atoms with Crippen LogP contribution in [-0.2, 0) is 61.4 Å². The van der Waals surface area contributed by atoms with E-state index in [0.717, 1.165) is 154 Å². The molecule has 0 aromatic heterocycles. The van der Waals surface area contributed by atoms with E-state index in [2.05, 4.69) is 52.2 Å². The lowest BCUT2D eigenvalue weighted by atomic mass is 9.95. The molecule has 0 aromatic carbocycles. The normalized spacial score (nSPS) is 20.9. The molecule has 0 bridgehead atoms. The first-order valence-electron chi connectivity index (χ1n) is 48.0. The number of ether oxygens (including phenoxy) is 7. The molecule has 0 radical (unpaired) electrons. The molecule has 115 heavy (non-hydrogen) atoms. The quantitative estimate of drug-likeness (QED) is 0.0155. The zero-order valence-corrected chi connectivity index (χ0v) is 74.9. The van der Waals surface area contributed by atoms with Gasteiger partial charge in [-0.15, -0.1) is 0 Å². The van der Waals surface area contributed by atoms with Crippen LogP contribution < -0.4 is 10.6 Å². The summed E-state index contributed by atoms with van der Waals surface area (Å²) >= 11 is 0. The fraction of sp³-hybridized carbons (Fsp3) is 0.957. The molecule has 0 aromatic rings. The SMILES string of the molecule is CCCCCCCCCCCCO[C@H](CCCCCCCCCCC)CC(=O)O[C@H](CCCCCCCCCCC)CC(=O)N[C@@H]1[C@@H](O)[C@H](O)[C@@H](CO[C@@H]2O[C@H](CO)[C@@H](OP(=O)(O)O)[C@H](OC(=O)C[C@@H](CCCCCCCCCCC)OCCCCCCCCCCCC)[C@H]2NC(=O)C[C@H](O)CCCCCCCCCCC)O[C@H]1O. The van der Waals surface area contributed by atoms with Crippen molar-refractivity contribution in [3.63, 3.8) is 0 Å². The van der Waals surface area contributed by atoms with E-state index in [0.29, 0.717) is 45.3 Å². The number of hydrogen-bond donors (Lipinski definition) is 9. The van der Waals surface area contributed by atoms with Gasteiger partial charge in [-0.2, -0.15) is 0 Å². The minimum Gasteiger partial charge on any atom is -0.462 e. The first kappa shape index (κ1) is 109. The highest BCUT2D eigenvalue weighted by atomic mass is 31.2. The van der Waals surface area contributed by atoms with Gasteiger partial charge in [0.05, 0.1) is 57.2 Å². The second-order valence-corrected chi connectivity index (χ2v) is 35.4. The van der Waals surface area contributed by atoms with Crippen LogP contribution in [0.4, 0.5) is 0 Å². The molecule has 2 aliphatic rings. The lowest BCUT2D eigenvalue weighted by molar-refractivity contribution is -0.297. The monoisotopic (exact) mass is 1660 g/mol. The number of phosphoric ester groups is 1. The molecule has 14 atom stereocenters. The van der Waals surface area contributed by atoms with E-state index in [1.165, 1.54) is 199 Å². The zero-order valence-electron chi connectivity index (χ0n) is 74.1. The van der Waals surface area contributed by atoms with Crippen LogP contribution in [0.15, 0.2) is 0 Å². The van der Waals surface area contributed by atoms with Crippen molar-refractivity contribution in [2.24, 2.45) is 0 Å². The number of carbonyl (C=O) groups is 4. The van der Waals surface area contributed by atoms with Gasteiger partial charge in [0.2, 0.25) is 11.8 Å². The number of carbonyl (C=O) groups excluding carboxylic acids is 4. The van der Waals surface area contributed by atoms with E-state index < -0.39 is 131 Å². The van der Waals surface area contributed by atoms with Crippen LogP contribution in [0.25, 0.3) is 0 Å². The van der Waals surface area contributed by atoms with Gasteiger partial charge < -0.3 is 79.1 Å². The number of esters is 2. The molecule has 2 saturated heterocycles. The number of hydrogen-bond acceptors (Lipinski definition) is 18. The lowest BCUT2D eigenvalue weighted by Gasteiger charge is -2.46. The Balaban J connectivity index is 2.44. The van der Waals surface area contributed by atoms with Crippen LogP contribution in [0.2, 0.25) is 0 Å². The molecule has 22 nitrogen and oxygen atoms in total. The van der Waals surface area contributed by atoms with E-state index in [4.69, 9.17) is 37.7 Å². The number of aliphatic hydroxyl groups excluding tert-OH is 5. The van der Waals surface area contributed by atoms with E-state index in [-0.39, 0.29) is 25.4 Å². The van der Waals surface area contributed by atoms with Gasteiger partial charge >= 0.3 is 19.8 Å². The fourth-order valence-corrected chi connectivity index (χ4v) is 16.7. The molecule has 2 aliphatic heterocycles. The zero-order chi connectivity index (χ0) is 84.0. The fourth-order valence-electron chi connectivity index (χ4n) is 16.1. The highest BCUT2D eigenvalue weighted by molar-refractivity contribution is 7.46. The summed E-state index contributed by atoms with van der Waals surface area (Å²) in [6.07, 6.45) is 46.2. The summed E-state index contributed by atoms with van der Waals surface area (Å²) in [7, 11) is -5.49. The predicted octanol–water partition coefficient (Wildman–Crippen LogP) is 20.6. The van der Waals surface area contributed by atoms with Gasteiger partial charge in [-0.05, 0) is 44.9 Å². The summed E-state index contributed by atoms with van der Waals surface area (Å²) in [5.74, 6) is -2.76. The Bertz CT molecular complexity index is 2310. The van der Waals surface area contributed by atoms with Crippen LogP contribution in [-0.4, -0.2) is 171 Å². The molecule has 680 valence electrons. The first-order valence-corrected chi connectivity index (χ1v) is 49.6. The minimum atomic E-state index is -5.49. The smallest absolute Gasteiger partial charge is 0.462 e. The Hall–Kier alpha value is -2.41. The van der Waals surface area contributed by atoms with E-state index in [1.807, 2.05) is 0 Å². The van der Waals surface area contributed by atoms with Crippen molar-refractivity contribution in [2.75, 3.05) is 26.4 Å². The summed E-state index contributed by atoms with van der Waals surface area (Å²) in [4.78, 5) is 78.1. The Labute approximate surface area is 700 Å². The van der Waals surface area contributed by atoms with Crippen LogP contribution in [0.3, 0.4) is 0 Å². The average molecular weight is 1660 g/mol. The van der Waals surface area contributed by atoms with Crippen molar-refractivity contribution in [1.29, 1.82) is 0 Å². The number of aliphatic hydroxyl groups is 5. The first-order chi connectivity index (χ1) is 55.8. The highest BCUT2D eigenvalue weighted by Crippen LogP contribution is 2.43. The van der Waals surface area contributed by atoms with E-state index in [1.54, 1.807) is 0 Å². The molecule has 0 saturated carbocycles. The molecule has 0 spiro atoms. The number of nitrogens with one attached hydrogen (secondary N) is 2. The molecule has 2 fully saturated rings. The van der Waals surface area contributed by atoms with Gasteiger partial charge in [-0.1, -0.05) is 382 Å². The number of phosphoric acid groups is 1. The average Bonchev–Trinajstić information content (AvgIpc) is 0.782. The summed E-state index contributed by atoms with van der Waals surface area (Å²) in [5.41, 5.74) is 0. The third-order valence-corrected chi connectivity index (χ3v) is 23.8. The van der Waals surface area contributed by atoms with Gasteiger partial charge in [0.1, 0.15) is 48.7 Å². The van der Waals surface area contributed by atoms with Crippen molar-refractivity contribution in [2.45, 2.75) is 538 Å². The molecule has 23 heteroatoms. The predicted molar refractivity (Wildman–Crippen MR) is 460 cm³/mol. The van der Waals surface area contributed by atoms with Crippen molar-refractivity contribution in [3.8, 4) is 0 Å². The molecule has 2 heterocycles. The molecule has 0 unspecified atom stereocenters. The molecular formula is C92H177N2O20P. The number of amides is 2. The Morgan fingerprint density at radius 2 is 0.704 bits per heavy atom. The molecule has 9 N–H and O–H groups in total. The summed E-state index contributed by atoms with van der Waals surface area (Å²) < 4.78 is 61.9. The molecule has 2 rings (SSSR count). The van der Waals surface area contributed by atoms with Crippen molar-refractivity contribution >= 4 is 31.6 Å². The third-order valence-electron chi connectivity index (χ3n) is 23.3. The summed E-state index contributed by atoms with van der Waals surface area (Å²) in [6, 6.07) is -3.26. The van der Waals surface area contributed by atoms with Gasteiger partial charge in [0.25, 0.3) is 0 Å². The second-order valence-electron chi connectivity index (χ2n) is 34.2. The van der Waals surface area contributed by atoms with Gasteiger partial charge in [0.15, 0.2) is 18.7 Å². The largest absolute Gasteiger partial charge is 0.470 e. The maximum absolute atomic E-state index is 14.6. The Morgan fingerprint density at radius 3 is 1.08 bits per heavy atom. The van der Waals surface area contributed by atoms with Crippen LogP contribution >= 0.6 is 7.82 Å². The molecule has 2 amide bonds. The van der Waals surface area contributed by atoms with Crippen molar-refractivity contribution in [3.05, 3.63) is 0 Å². The second kappa shape index (κ2) is 74.2. The number of unbranched alkanes of at least 4 members (excludes halogenated alkanes) is 50. The standard InChI is InChI=1S/C92H177N2O20P/c1-7-13-19-25-31-37-43-49-55-61-67-107-76(64-58-52-46-40-34-28-22-16-10-4)71-83(99)110-78(66-60-54-48-42-36-30-24-18-12-6)70-82(98)93-85-88(102)87(101)80(111-91(85)103)74-109-92-86(94-81(97)69-75(96)63-57-51-45-39-33-27-21-15-9-3)90(89(79(73-95)112-92)114-115(104,105)106)113-84(100)72-77(65-59-53-47-41-35-29-23-17-11-5)108-68-62-56-50-44-38-32-26-20-14-8-2/h75-80,85-92,95-96,101-103H,7-74H2,1-6H3,(H,93,98)(H,94,97)(H2,104,105,106)/t75-,76-,77-,78-,79-,80-,85-,86-,87-,88-,89-,90-,91-,92-/m1/s1. The van der Waals surface area contributed by atoms with Gasteiger partial charge in [-0.25, -0.2) is 4.57 Å². The lowest BCUT2D eigenvalue weighted by Crippen LogP contribution is -2.67. The van der Waals surface area contributed by atoms with Crippen LogP contribution in [0, 0.1) is 0 Å². The van der Waals surface area contributed by atoms with E-state index in [9.17, 15) is 59.1 Å². The highest BCUT2D eigenvalue weighted by Gasteiger charge is 2.53. The topological polar surface area (TPSA) is 325 Å². The molecule has 0 aliphatic carbocycles. The summed E-state index contributed by atoms with van der Waals surface area (Å²) in [6.45, 7) is 12.5. The van der Waals surface area contributed by atoms with E-state index >= 15 is 0 Å². The minimum absolute atomic E-state index is 0.0405. The maximum Gasteiger partial charge on any atom is 0.470 e. The van der Waals surface area contributed by atoms with Gasteiger partial charge in [0, 0.05) is 13.2 Å². The van der Waals surface area contributed by atoms with Gasteiger partial charge in [-0.3, -0.25) is 23.7 Å².